The summed E-state index contributed by atoms with van der Waals surface area (Å²) in [5, 5.41) is 0. The third kappa shape index (κ3) is 2.68. The van der Waals surface area contributed by atoms with E-state index in [4.69, 9.17) is 9.47 Å². The maximum absolute atomic E-state index is 5.77. The summed E-state index contributed by atoms with van der Waals surface area (Å²) in [7, 11) is 0. The lowest BCUT2D eigenvalue weighted by molar-refractivity contribution is 0.0241. The van der Waals surface area contributed by atoms with Crippen LogP contribution in [0.2, 0.25) is 0 Å². The van der Waals surface area contributed by atoms with Crippen LogP contribution in [-0.4, -0.2) is 19.3 Å². The van der Waals surface area contributed by atoms with Crippen LogP contribution in [0.15, 0.2) is 18.2 Å². The van der Waals surface area contributed by atoms with Crippen LogP contribution in [0.25, 0.3) is 0 Å². The molecule has 0 N–H and O–H groups in total. The number of benzene rings is 1. The van der Waals surface area contributed by atoms with Gasteiger partial charge >= 0.3 is 0 Å². The molecule has 4 atom stereocenters. The standard InChI is InChI=1S/C16H21BrO2/c1-10-9-18-6-5-14(10)16(17)12-3-4-15-13(8-12)7-11(2)19-15/h3-4,8,10-11,14,16H,5-7,9H2,1-2H3. The van der Waals surface area contributed by atoms with Gasteiger partial charge in [0.2, 0.25) is 0 Å². The molecule has 0 aromatic heterocycles. The minimum atomic E-state index is 0.320. The highest BCUT2D eigenvalue weighted by atomic mass is 79.9. The molecule has 0 aliphatic carbocycles. The van der Waals surface area contributed by atoms with E-state index in [1.807, 2.05) is 0 Å². The van der Waals surface area contributed by atoms with E-state index in [-0.39, 0.29) is 0 Å². The van der Waals surface area contributed by atoms with Gasteiger partial charge in [-0.05, 0) is 42.4 Å². The predicted molar refractivity (Wildman–Crippen MR) is 80.0 cm³/mol. The Balaban J connectivity index is 1.80. The first-order chi connectivity index (χ1) is 9.15. The van der Waals surface area contributed by atoms with Gasteiger partial charge in [-0.2, -0.15) is 0 Å². The molecule has 1 saturated heterocycles. The quantitative estimate of drug-likeness (QED) is 0.762. The SMILES string of the molecule is CC1Cc2cc(C(Br)C3CCOCC3C)ccc2O1. The van der Waals surface area contributed by atoms with Crippen LogP contribution in [-0.2, 0) is 11.2 Å². The van der Waals surface area contributed by atoms with E-state index in [2.05, 4.69) is 48.0 Å². The van der Waals surface area contributed by atoms with Crippen LogP contribution in [0.3, 0.4) is 0 Å². The van der Waals surface area contributed by atoms with E-state index in [1.54, 1.807) is 0 Å². The Morgan fingerprint density at radius 2 is 2.16 bits per heavy atom. The number of hydrogen-bond acceptors (Lipinski definition) is 2. The molecule has 1 fully saturated rings. The van der Waals surface area contributed by atoms with Crippen LogP contribution in [0, 0.1) is 11.8 Å². The summed E-state index contributed by atoms with van der Waals surface area (Å²) in [6.07, 6.45) is 2.49. The van der Waals surface area contributed by atoms with Gasteiger partial charge in [-0.25, -0.2) is 0 Å². The van der Waals surface area contributed by atoms with Crippen LogP contribution >= 0.6 is 15.9 Å². The van der Waals surface area contributed by atoms with Crippen LogP contribution in [0.1, 0.15) is 36.2 Å². The van der Waals surface area contributed by atoms with Gasteiger partial charge in [0.05, 0.1) is 0 Å². The molecule has 4 unspecified atom stereocenters. The maximum atomic E-state index is 5.77. The number of hydrogen-bond donors (Lipinski definition) is 0. The van der Waals surface area contributed by atoms with Crippen molar-refractivity contribution in [1.29, 1.82) is 0 Å². The Morgan fingerprint density at radius 1 is 1.32 bits per heavy atom. The lowest BCUT2D eigenvalue weighted by atomic mass is 9.84. The van der Waals surface area contributed by atoms with E-state index in [0.29, 0.717) is 22.8 Å². The molecule has 2 aliphatic rings. The Labute approximate surface area is 123 Å². The second kappa shape index (κ2) is 5.45. The molecule has 0 bridgehead atoms. The summed E-state index contributed by atoms with van der Waals surface area (Å²) in [5.74, 6) is 2.34. The van der Waals surface area contributed by atoms with Crippen molar-refractivity contribution in [3.63, 3.8) is 0 Å². The van der Waals surface area contributed by atoms with E-state index >= 15 is 0 Å². The summed E-state index contributed by atoms with van der Waals surface area (Å²) in [6, 6.07) is 6.66. The second-order valence-electron chi connectivity index (χ2n) is 5.91. The van der Waals surface area contributed by atoms with E-state index in [1.165, 1.54) is 11.1 Å². The zero-order valence-electron chi connectivity index (χ0n) is 11.6. The first-order valence-electron chi connectivity index (χ1n) is 7.16. The topological polar surface area (TPSA) is 18.5 Å². The van der Waals surface area contributed by atoms with E-state index in [9.17, 15) is 0 Å². The normalized spacial score (nSPS) is 31.6. The Morgan fingerprint density at radius 3 is 2.95 bits per heavy atom. The number of rotatable bonds is 2. The van der Waals surface area contributed by atoms with Crippen LogP contribution in [0.5, 0.6) is 5.75 Å². The molecule has 19 heavy (non-hydrogen) atoms. The van der Waals surface area contributed by atoms with Gasteiger partial charge < -0.3 is 9.47 Å². The van der Waals surface area contributed by atoms with Crippen molar-refractivity contribution in [2.75, 3.05) is 13.2 Å². The van der Waals surface area contributed by atoms with E-state index in [0.717, 1.165) is 31.8 Å². The molecule has 3 rings (SSSR count). The van der Waals surface area contributed by atoms with Gasteiger partial charge in [-0.3, -0.25) is 0 Å². The minimum Gasteiger partial charge on any atom is -0.490 e. The van der Waals surface area contributed by atoms with Crippen molar-refractivity contribution >= 4 is 15.9 Å². The van der Waals surface area contributed by atoms with Crippen molar-refractivity contribution in [1.82, 2.24) is 0 Å². The Hall–Kier alpha value is -0.540. The highest BCUT2D eigenvalue weighted by molar-refractivity contribution is 9.09. The molecule has 104 valence electrons. The molecule has 2 aliphatic heterocycles. The van der Waals surface area contributed by atoms with Crippen molar-refractivity contribution in [2.24, 2.45) is 11.8 Å². The number of ether oxygens (including phenoxy) is 2. The summed E-state index contributed by atoms with van der Waals surface area (Å²) in [5.41, 5.74) is 2.74. The molecule has 0 amide bonds. The van der Waals surface area contributed by atoms with Crippen molar-refractivity contribution in [2.45, 2.75) is 37.6 Å². The fourth-order valence-electron chi connectivity index (χ4n) is 3.19. The summed E-state index contributed by atoms with van der Waals surface area (Å²) in [4.78, 5) is 0.424. The average Bonchev–Trinajstić information content (AvgIpc) is 2.77. The number of alkyl halides is 1. The average molecular weight is 325 g/mol. The second-order valence-corrected chi connectivity index (χ2v) is 6.89. The maximum Gasteiger partial charge on any atom is 0.123 e. The molecule has 3 heteroatoms. The third-order valence-electron chi connectivity index (χ3n) is 4.32. The molecule has 2 nitrogen and oxygen atoms in total. The fraction of sp³-hybridized carbons (Fsp3) is 0.625. The summed E-state index contributed by atoms with van der Waals surface area (Å²) >= 11 is 3.92. The highest BCUT2D eigenvalue weighted by Crippen LogP contribution is 2.41. The predicted octanol–water partition coefficient (Wildman–Crippen LogP) is 4.12. The van der Waals surface area contributed by atoms with Gasteiger partial charge in [0.1, 0.15) is 11.9 Å². The zero-order valence-corrected chi connectivity index (χ0v) is 13.2. The van der Waals surface area contributed by atoms with Gasteiger partial charge in [-0.1, -0.05) is 35.0 Å². The summed E-state index contributed by atoms with van der Waals surface area (Å²) < 4.78 is 11.3. The molecular weight excluding hydrogens is 304 g/mol. The third-order valence-corrected chi connectivity index (χ3v) is 5.53. The first kappa shape index (κ1) is 13.4. The Kier molecular flexibility index (Phi) is 3.86. The van der Waals surface area contributed by atoms with Gasteiger partial charge in [-0.15, -0.1) is 0 Å². The monoisotopic (exact) mass is 324 g/mol. The Bertz CT molecular complexity index is 460. The lowest BCUT2D eigenvalue weighted by Gasteiger charge is -2.32. The highest BCUT2D eigenvalue weighted by Gasteiger charge is 2.30. The molecule has 0 spiro atoms. The lowest BCUT2D eigenvalue weighted by Crippen LogP contribution is -2.28. The number of halogens is 1. The van der Waals surface area contributed by atoms with Crippen LogP contribution in [0.4, 0.5) is 0 Å². The van der Waals surface area contributed by atoms with Crippen LogP contribution < -0.4 is 4.74 Å². The molecule has 2 heterocycles. The largest absolute Gasteiger partial charge is 0.490 e. The molecule has 0 radical (unpaired) electrons. The summed E-state index contributed by atoms with van der Waals surface area (Å²) in [6.45, 7) is 6.20. The van der Waals surface area contributed by atoms with E-state index < -0.39 is 0 Å². The first-order valence-corrected chi connectivity index (χ1v) is 8.08. The van der Waals surface area contributed by atoms with Crippen molar-refractivity contribution in [3.8, 4) is 5.75 Å². The van der Waals surface area contributed by atoms with Crippen molar-refractivity contribution < 1.29 is 9.47 Å². The van der Waals surface area contributed by atoms with Gasteiger partial charge in [0, 0.05) is 24.5 Å². The number of fused-ring (bicyclic) bond motifs is 1. The smallest absolute Gasteiger partial charge is 0.123 e. The molecule has 1 aromatic carbocycles. The fourth-order valence-corrected chi connectivity index (χ4v) is 4.26. The zero-order chi connectivity index (χ0) is 13.4. The van der Waals surface area contributed by atoms with Gasteiger partial charge in [0.15, 0.2) is 0 Å². The minimum absolute atomic E-state index is 0.320. The molecular formula is C16H21BrO2. The van der Waals surface area contributed by atoms with Gasteiger partial charge in [0.25, 0.3) is 0 Å². The molecule has 1 aromatic rings. The molecule has 0 saturated carbocycles. The van der Waals surface area contributed by atoms with Crippen molar-refractivity contribution in [3.05, 3.63) is 29.3 Å².